The number of rotatable bonds is 4. The van der Waals surface area contributed by atoms with Crippen molar-refractivity contribution in [1.29, 1.82) is 0 Å². The van der Waals surface area contributed by atoms with Crippen LogP contribution in [0.1, 0.15) is 33.6 Å². The first-order chi connectivity index (χ1) is 4.54. The zero-order chi connectivity index (χ0) is 8.15. The number of ketones is 1. The molecule has 0 aromatic heterocycles. The number of hydrogen-bond donors (Lipinski definition) is 0. The van der Waals surface area contributed by atoms with E-state index in [9.17, 15) is 4.79 Å². The molecule has 0 fully saturated rings. The smallest absolute Gasteiger partial charge is 0.132 e. The van der Waals surface area contributed by atoms with Crippen LogP contribution in [0.25, 0.3) is 0 Å². The Hall–Kier alpha value is -0.590. The van der Waals surface area contributed by atoms with Crippen molar-refractivity contribution in [1.82, 2.24) is 0 Å². The number of allylic oxidation sites excluding steroid dienone is 1. The summed E-state index contributed by atoms with van der Waals surface area (Å²) in [7, 11) is 0. The van der Waals surface area contributed by atoms with Gasteiger partial charge in [-0.15, -0.1) is 6.58 Å². The maximum absolute atomic E-state index is 10.7. The fraction of sp³-hybridized carbons (Fsp3) is 0.667. The van der Waals surface area contributed by atoms with Crippen LogP contribution >= 0.6 is 0 Å². The van der Waals surface area contributed by atoms with Gasteiger partial charge >= 0.3 is 0 Å². The SMILES string of the molecule is C=C(C)CCC(C)C(C)=O. The molecule has 1 unspecified atom stereocenters. The highest BCUT2D eigenvalue weighted by Crippen LogP contribution is 2.10. The molecule has 1 heteroatoms. The van der Waals surface area contributed by atoms with E-state index in [0.717, 1.165) is 18.4 Å². The Morgan fingerprint density at radius 2 is 2.00 bits per heavy atom. The number of carbonyl (C=O) groups is 1. The van der Waals surface area contributed by atoms with Crippen LogP contribution in [-0.2, 0) is 4.79 Å². The molecule has 0 radical (unpaired) electrons. The number of hydrogen-bond acceptors (Lipinski definition) is 1. The molecule has 0 amide bonds. The highest BCUT2D eigenvalue weighted by molar-refractivity contribution is 5.77. The van der Waals surface area contributed by atoms with Crippen LogP contribution in [-0.4, -0.2) is 5.78 Å². The normalized spacial score (nSPS) is 12.7. The average molecular weight is 140 g/mol. The maximum atomic E-state index is 10.7. The highest BCUT2D eigenvalue weighted by atomic mass is 16.1. The minimum absolute atomic E-state index is 0.205. The molecule has 0 aliphatic heterocycles. The molecule has 0 N–H and O–H groups in total. The standard InChI is InChI=1S/C9H16O/c1-7(2)5-6-8(3)9(4)10/h8H,1,5-6H2,2-4H3. The second-order valence-electron chi connectivity index (χ2n) is 3.01. The van der Waals surface area contributed by atoms with Gasteiger partial charge in [0.15, 0.2) is 0 Å². The molecule has 0 saturated carbocycles. The van der Waals surface area contributed by atoms with Gasteiger partial charge in [-0.05, 0) is 26.7 Å². The van der Waals surface area contributed by atoms with E-state index in [0.29, 0.717) is 0 Å². The monoisotopic (exact) mass is 140 g/mol. The minimum Gasteiger partial charge on any atom is -0.300 e. The second-order valence-corrected chi connectivity index (χ2v) is 3.01. The van der Waals surface area contributed by atoms with E-state index >= 15 is 0 Å². The molecule has 0 heterocycles. The molecule has 1 atom stereocenters. The summed E-state index contributed by atoms with van der Waals surface area (Å²) in [5.74, 6) is 0.484. The van der Waals surface area contributed by atoms with Gasteiger partial charge in [-0.25, -0.2) is 0 Å². The van der Waals surface area contributed by atoms with Crippen LogP contribution in [0.4, 0.5) is 0 Å². The summed E-state index contributed by atoms with van der Waals surface area (Å²) in [6, 6.07) is 0. The first kappa shape index (κ1) is 9.41. The molecule has 0 bridgehead atoms. The summed E-state index contributed by atoms with van der Waals surface area (Å²) in [6.45, 7) is 9.37. The van der Waals surface area contributed by atoms with Gasteiger partial charge in [0.05, 0.1) is 0 Å². The third-order valence-electron chi connectivity index (χ3n) is 1.70. The Labute approximate surface area is 63.1 Å². The largest absolute Gasteiger partial charge is 0.300 e. The summed E-state index contributed by atoms with van der Waals surface area (Å²) in [6.07, 6.45) is 1.92. The molecule has 1 nitrogen and oxygen atoms in total. The molecule has 0 aromatic rings. The van der Waals surface area contributed by atoms with Gasteiger partial charge in [0.2, 0.25) is 0 Å². The maximum Gasteiger partial charge on any atom is 0.132 e. The first-order valence-corrected chi connectivity index (χ1v) is 3.69. The lowest BCUT2D eigenvalue weighted by Gasteiger charge is -2.05. The minimum atomic E-state index is 0.205. The van der Waals surface area contributed by atoms with Crippen molar-refractivity contribution in [2.24, 2.45) is 5.92 Å². The van der Waals surface area contributed by atoms with E-state index in [1.807, 2.05) is 13.8 Å². The van der Waals surface area contributed by atoms with Crippen molar-refractivity contribution < 1.29 is 4.79 Å². The van der Waals surface area contributed by atoms with Gasteiger partial charge in [-0.3, -0.25) is 4.79 Å². The second kappa shape index (κ2) is 4.26. The Morgan fingerprint density at radius 1 is 1.50 bits per heavy atom. The average Bonchev–Trinajstić information content (AvgIpc) is 1.82. The molecule has 0 aliphatic rings. The van der Waals surface area contributed by atoms with Gasteiger partial charge in [0.1, 0.15) is 5.78 Å². The van der Waals surface area contributed by atoms with Crippen molar-refractivity contribution >= 4 is 5.78 Å². The fourth-order valence-corrected chi connectivity index (χ4v) is 0.666. The van der Waals surface area contributed by atoms with Crippen molar-refractivity contribution in [3.05, 3.63) is 12.2 Å². The lowest BCUT2D eigenvalue weighted by Crippen LogP contribution is -2.05. The van der Waals surface area contributed by atoms with Crippen LogP contribution < -0.4 is 0 Å². The van der Waals surface area contributed by atoms with Crippen LogP contribution in [0.15, 0.2) is 12.2 Å². The Kier molecular flexibility index (Phi) is 4.01. The molecule has 0 rings (SSSR count). The predicted octanol–water partition coefficient (Wildman–Crippen LogP) is 2.57. The summed E-state index contributed by atoms with van der Waals surface area (Å²) < 4.78 is 0. The summed E-state index contributed by atoms with van der Waals surface area (Å²) >= 11 is 0. The Morgan fingerprint density at radius 3 is 2.30 bits per heavy atom. The Bertz CT molecular complexity index is 136. The lowest BCUT2D eigenvalue weighted by atomic mass is 9.99. The first-order valence-electron chi connectivity index (χ1n) is 3.69. The zero-order valence-electron chi connectivity index (χ0n) is 7.11. The van der Waals surface area contributed by atoms with Gasteiger partial charge in [0.25, 0.3) is 0 Å². The van der Waals surface area contributed by atoms with Crippen LogP contribution in [0.3, 0.4) is 0 Å². The van der Waals surface area contributed by atoms with Gasteiger partial charge in [0, 0.05) is 5.92 Å². The number of Topliss-reactive ketones (excluding diaryl/α,β-unsaturated/α-hetero) is 1. The summed E-state index contributed by atoms with van der Waals surface area (Å²) in [4.78, 5) is 10.7. The fourth-order valence-electron chi connectivity index (χ4n) is 0.666. The van der Waals surface area contributed by atoms with Crippen LogP contribution in [0.5, 0.6) is 0 Å². The third kappa shape index (κ3) is 4.30. The molecular weight excluding hydrogens is 124 g/mol. The van der Waals surface area contributed by atoms with Gasteiger partial charge < -0.3 is 0 Å². The molecule has 58 valence electrons. The van der Waals surface area contributed by atoms with E-state index in [-0.39, 0.29) is 11.7 Å². The number of carbonyl (C=O) groups excluding carboxylic acids is 1. The lowest BCUT2D eigenvalue weighted by molar-refractivity contribution is -0.120. The van der Waals surface area contributed by atoms with Gasteiger partial charge in [-0.1, -0.05) is 12.5 Å². The predicted molar refractivity (Wildman–Crippen MR) is 43.9 cm³/mol. The summed E-state index contributed by atoms with van der Waals surface area (Å²) in [5.41, 5.74) is 1.16. The van der Waals surface area contributed by atoms with E-state index in [1.54, 1.807) is 6.92 Å². The van der Waals surface area contributed by atoms with Gasteiger partial charge in [-0.2, -0.15) is 0 Å². The molecule has 0 aromatic carbocycles. The summed E-state index contributed by atoms with van der Waals surface area (Å²) in [5, 5.41) is 0. The quantitative estimate of drug-likeness (QED) is 0.548. The van der Waals surface area contributed by atoms with Crippen LogP contribution in [0, 0.1) is 5.92 Å². The highest BCUT2D eigenvalue weighted by Gasteiger charge is 2.05. The van der Waals surface area contributed by atoms with Crippen molar-refractivity contribution in [2.75, 3.05) is 0 Å². The van der Waals surface area contributed by atoms with Crippen LogP contribution in [0.2, 0.25) is 0 Å². The van der Waals surface area contributed by atoms with Crippen molar-refractivity contribution in [3.8, 4) is 0 Å². The zero-order valence-corrected chi connectivity index (χ0v) is 7.11. The van der Waals surface area contributed by atoms with Crippen molar-refractivity contribution in [2.45, 2.75) is 33.6 Å². The van der Waals surface area contributed by atoms with E-state index in [2.05, 4.69) is 6.58 Å². The van der Waals surface area contributed by atoms with E-state index in [1.165, 1.54) is 0 Å². The van der Waals surface area contributed by atoms with E-state index < -0.39 is 0 Å². The molecule has 10 heavy (non-hydrogen) atoms. The molecule has 0 spiro atoms. The Balaban J connectivity index is 3.49. The van der Waals surface area contributed by atoms with E-state index in [4.69, 9.17) is 0 Å². The van der Waals surface area contributed by atoms with Crippen molar-refractivity contribution in [3.63, 3.8) is 0 Å². The topological polar surface area (TPSA) is 17.1 Å². The molecular formula is C9H16O. The molecule has 0 aliphatic carbocycles. The third-order valence-corrected chi connectivity index (χ3v) is 1.70. The molecule has 0 saturated heterocycles.